The lowest BCUT2D eigenvalue weighted by molar-refractivity contribution is 0.268. The quantitative estimate of drug-likeness (QED) is 0.722. The van der Waals surface area contributed by atoms with E-state index in [-0.39, 0.29) is 5.69 Å². The fourth-order valence-corrected chi connectivity index (χ4v) is 4.28. The Bertz CT molecular complexity index is 893. The number of hydrogen-bond donors (Lipinski definition) is 0. The lowest BCUT2D eigenvalue weighted by Gasteiger charge is -2.40. The van der Waals surface area contributed by atoms with Crippen LogP contribution in [0, 0.1) is 6.92 Å². The van der Waals surface area contributed by atoms with Crippen LogP contribution in [0.1, 0.15) is 5.56 Å². The Morgan fingerprint density at radius 1 is 1.21 bits per heavy atom. The predicted molar refractivity (Wildman–Crippen MR) is 98.6 cm³/mol. The molecule has 0 N–H and O–H groups in total. The van der Waals surface area contributed by atoms with Crippen LogP contribution in [0.2, 0.25) is 5.02 Å². The molecule has 0 saturated carbocycles. The van der Waals surface area contributed by atoms with Crippen LogP contribution < -0.4 is 15.5 Å². The summed E-state index contributed by atoms with van der Waals surface area (Å²) < 4.78 is 1.62. The number of aryl methyl sites for hydroxylation is 2. The number of benzene rings is 1. The highest BCUT2D eigenvalue weighted by atomic mass is 35.5. The first-order chi connectivity index (χ1) is 11.4. The van der Waals surface area contributed by atoms with Crippen LogP contribution in [0.3, 0.4) is 0 Å². The third-order valence-electron chi connectivity index (χ3n) is 5.30. The minimum absolute atomic E-state index is 0.215. The molecule has 4 rings (SSSR count). The van der Waals surface area contributed by atoms with Crippen LogP contribution >= 0.6 is 11.6 Å². The van der Waals surface area contributed by atoms with E-state index in [9.17, 15) is 4.79 Å². The summed E-state index contributed by atoms with van der Waals surface area (Å²) in [6.45, 7) is 5.63. The van der Waals surface area contributed by atoms with Gasteiger partial charge in [0.25, 0.3) is 0 Å². The summed E-state index contributed by atoms with van der Waals surface area (Å²) in [6, 6.07) is 2.29. The fourth-order valence-electron chi connectivity index (χ4n) is 3.99. The summed E-state index contributed by atoms with van der Waals surface area (Å²) in [7, 11) is 5.99. The standard InChI is InChI=1S/C17H22ClN5O/c1-10-7-12-13-15(14(10)18)21(3)9-11-8-20(2)5-6-23(11)16(13)19-17(24)22(12)4/h7,11H,5-6,8-9H2,1-4H3. The first kappa shape index (κ1) is 15.7. The zero-order chi connectivity index (χ0) is 17.2. The van der Waals surface area contributed by atoms with Gasteiger partial charge in [0.1, 0.15) is 5.82 Å². The second-order valence-corrected chi connectivity index (χ2v) is 7.40. The van der Waals surface area contributed by atoms with Gasteiger partial charge < -0.3 is 14.7 Å². The smallest absolute Gasteiger partial charge is 0.349 e. The van der Waals surface area contributed by atoms with Crippen molar-refractivity contribution in [1.82, 2.24) is 14.5 Å². The monoisotopic (exact) mass is 347 g/mol. The first-order valence-electron chi connectivity index (χ1n) is 8.24. The van der Waals surface area contributed by atoms with Gasteiger partial charge in [-0.1, -0.05) is 11.6 Å². The third-order valence-corrected chi connectivity index (χ3v) is 5.78. The van der Waals surface area contributed by atoms with E-state index in [1.165, 1.54) is 0 Å². The Hall–Kier alpha value is -1.79. The average molecular weight is 348 g/mol. The number of likely N-dealkylation sites (N-methyl/N-ethyl adjacent to an activating group) is 2. The van der Waals surface area contributed by atoms with E-state index in [0.29, 0.717) is 6.04 Å². The van der Waals surface area contributed by atoms with Gasteiger partial charge in [0, 0.05) is 40.3 Å². The number of piperazine rings is 1. The van der Waals surface area contributed by atoms with E-state index in [2.05, 4.69) is 33.8 Å². The fraction of sp³-hybridized carbons (Fsp3) is 0.529. The molecular weight excluding hydrogens is 326 g/mol. The first-order valence-corrected chi connectivity index (χ1v) is 8.62. The molecular formula is C17H22ClN5O. The van der Waals surface area contributed by atoms with Crippen LogP contribution in [0.15, 0.2) is 10.9 Å². The van der Waals surface area contributed by atoms with E-state index in [0.717, 1.165) is 59.2 Å². The van der Waals surface area contributed by atoms with Crippen LogP contribution in [0.5, 0.6) is 0 Å². The number of anilines is 2. The maximum Gasteiger partial charge on any atom is 0.349 e. The highest BCUT2D eigenvalue weighted by molar-refractivity contribution is 6.36. The molecule has 6 nitrogen and oxygen atoms in total. The van der Waals surface area contributed by atoms with Crippen molar-refractivity contribution in [3.05, 3.63) is 27.1 Å². The molecule has 128 valence electrons. The van der Waals surface area contributed by atoms with Gasteiger partial charge in [0.15, 0.2) is 0 Å². The molecule has 0 amide bonds. The highest BCUT2D eigenvalue weighted by Gasteiger charge is 2.34. The topological polar surface area (TPSA) is 44.6 Å². The molecule has 1 aromatic carbocycles. The molecule has 0 radical (unpaired) electrons. The van der Waals surface area contributed by atoms with E-state index < -0.39 is 0 Å². The van der Waals surface area contributed by atoms with E-state index in [1.54, 1.807) is 11.6 Å². The minimum atomic E-state index is -0.215. The van der Waals surface area contributed by atoms with Gasteiger partial charge in [-0.15, -0.1) is 0 Å². The Morgan fingerprint density at radius 3 is 2.71 bits per heavy atom. The molecule has 1 unspecified atom stereocenters. The Balaban J connectivity index is 2.10. The maximum atomic E-state index is 12.4. The van der Waals surface area contributed by atoms with Gasteiger partial charge in [-0.25, -0.2) is 4.79 Å². The number of aromatic nitrogens is 2. The lowest BCUT2D eigenvalue weighted by atomic mass is 10.1. The minimum Gasteiger partial charge on any atom is -0.371 e. The molecule has 7 heteroatoms. The SMILES string of the molecule is Cc1cc2c3c(nc(=O)n2C)N2CCN(C)CC2CN(C)c3c1Cl. The van der Waals surface area contributed by atoms with Crippen molar-refractivity contribution in [2.24, 2.45) is 7.05 Å². The largest absolute Gasteiger partial charge is 0.371 e. The van der Waals surface area contributed by atoms with E-state index in [4.69, 9.17) is 11.6 Å². The van der Waals surface area contributed by atoms with Gasteiger partial charge in [0.2, 0.25) is 0 Å². The normalized spacial score (nSPS) is 21.1. The van der Waals surface area contributed by atoms with Crippen molar-refractivity contribution in [2.75, 3.05) is 50.1 Å². The van der Waals surface area contributed by atoms with Crippen LogP contribution in [-0.4, -0.2) is 60.8 Å². The number of nitrogens with zero attached hydrogens (tertiary/aromatic N) is 5. The molecule has 1 atom stereocenters. The molecule has 1 aromatic heterocycles. The molecule has 1 fully saturated rings. The third kappa shape index (κ3) is 2.13. The summed E-state index contributed by atoms with van der Waals surface area (Å²) >= 11 is 6.68. The van der Waals surface area contributed by atoms with Gasteiger partial charge in [-0.3, -0.25) is 4.57 Å². The molecule has 0 spiro atoms. The van der Waals surface area contributed by atoms with Crippen molar-refractivity contribution in [2.45, 2.75) is 13.0 Å². The van der Waals surface area contributed by atoms with Crippen molar-refractivity contribution in [3.63, 3.8) is 0 Å². The molecule has 2 aromatic rings. The predicted octanol–water partition coefficient (Wildman–Crippen LogP) is 1.47. The number of rotatable bonds is 0. The van der Waals surface area contributed by atoms with Crippen molar-refractivity contribution in [3.8, 4) is 0 Å². The summed E-state index contributed by atoms with van der Waals surface area (Å²) in [5, 5.41) is 1.74. The zero-order valence-electron chi connectivity index (χ0n) is 14.5. The summed E-state index contributed by atoms with van der Waals surface area (Å²) in [6.07, 6.45) is 0. The van der Waals surface area contributed by atoms with E-state index >= 15 is 0 Å². The zero-order valence-corrected chi connectivity index (χ0v) is 15.3. The Morgan fingerprint density at radius 2 is 1.96 bits per heavy atom. The van der Waals surface area contributed by atoms with Crippen LogP contribution in [-0.2, 0) is 7.05 Å². The van der Waals surface area contributed by atoms with E-state index in [1.807, 2.05) is 13.0 Å². The Labute approximate surface area is 146 Å². The number of fused-ring (bicyclic) bond motifs is 2. The maximum absolute atomic E-state index is 12.4. The summed E-state index contributed by atoms with van der Waals surface area (Å²) in [5.74, 6) is 0.785. The van der Waals surface area contributed by atoms with Gasteiger partial charge in [-0.05, 0) is 25.6 Å². The van der Waals surface area contributed by atoms with Crippen molar-refractivity contribution < 1.29 is 0 Å². The molecule has 1 saturated heterocycles. The molecule has 2 aliphatic heterocycles. The second-order valence-electron chi connectivity index (χ2n) is 7.02. The second kappa shape index (κ2) is 5.36. The van der Waals surface area contributed by atoms with Crippen molar-refractivity contribution >= 4 is 34.0 Å². The van der Waals surface area contributed by atoms with Crippen LogP contribution in [0.25, 0.3) is 10.9 Å². The highest BCUT2D eigenvalue weighted by Crippen LogP contribution is 2.42. The average Bonchev–Trinajstić information content (AvgIpc) is 2.64. The summed E-state index contributed by atoms with van der Waals surface area (Å²) in [5.41, 5.74) is 2.65. The molecule has 3 heterocycles. The lowest BCUT2D eigenvalue weighted by Crippen LogP contribution is -2.55. The van der Waals surface area contributed by atoms with Gasteiger partial charge in [0.05, 0.1) is 27.7 Å². The van der Waals surface area contributed by atoms with Gasteiger partial charge in [-0.2, -0.15) is 4.98 Å². The summed E-state index contributed by atoms with van der Waals surface area (Å²) in [4.78, 5) is 23.7. The molecule has 24 heavy (non-hydrogen) atoms. The number of hydrogen-bond acceptors (Lipinski definition) is 5. The Kier molecular flexibility index (Phi) is 3.51. The van der Waals surface area contributed by atoms with Crippen LogP contribution in [0.4, 0.5) is 11.5 Å². The molecule has 2 aliphatic rings. The molecule has 0 aliphatic carbocycles. The molecule has 0 bridgehead atoms. The van der Waals surface area contributed by atoms with Crippen molar-refractivity contribution in [1.29, 1.82) is 0 Å². The van der Waals surface area contributed by atoms with Gasteiger partial charge >= 0.3 is 5.69 Å². The number of halogens is 1.